The fraction of sp³-hybridized carbons (Fsp3) is 0.154. The van der Waals surface area contributed by atoms with Crippen LogP contribution in [0.1, 0.15) is 29.7 Å². The molecule has 7 heteroatoms. The summed E-state index contributed by atoms with van der Waals surface area (Å²) in [4.78, 5) is 12.7. The molecule has 3 rings (SSSR count). The number of amides is 1. The number of nitrogens with zero attached hydrogens (tertiary/aromatic N) is 1. The number of carbonyl (C=O) groups is 1. The van der Waals surface area contributed by atoms with Crippen molar-refractivity contribution < 1.29 is 14.3 Å². The van der Waals surface area contributed by atoms with Gasteiger partial charge in [-0.2, -0.15) is 5.26 Å². The average Bonchev–Trinajstić information content (AvgIpc) is 2.83. The molecule has 168 valence electrons. The van der Waals surface area contributed by atoms with Gasteiger partial charge in [-0.1, -0.05) is 70.0 Å². The van der Waals surface area contributed by atoms with E-state index in [1.807, 2.05) is 55.5 Å². The molecular formula is C26H22BrClN2O3. The second kappa shape index (κ2) is 11.6. The molecule has 33 heavy (non-hydrogen) atoms. The molecule has 0 aliphatic rings. The Morgan fingerprint density at radius 3 is 2.48 bits per heavy atom. The van der Waals surface area contributed by atoms with E-state index in [1.165, 1.54) is 13.2 Å². The number of rotatable bonds is 8. The van der Waals surface area contributed by atoms with Crippen molar-refractivity contribution in [2.45, 2.75) is 19.6 Å². The number of methoxy groups -OCH3 is 1. The van der Waals surface area contributed by atoms with Gasteiger partial charge in [0.2, 0.25) is 0 Å². The molecule has 0 bridgehead atoms. The van der Waals surface area contributed by atoms with Gasteiger partial charge in [0.25, 0.3) is 5.91 Å². The second-order valence-electron chi connectivity index (χ2n) is 7.22. The number of nitrogens with one attached hydrogen (secondary N) is 1. The summed E-state index contributed by atoms with van der Waals surface area (Å²) in [7, 11) is 1.53. The summed E-state index contributed by atoms with van der Waals surface area (Å²) in [6.07, 6.45) is 1.52. The molecule has 0 radical (unpaired) electrons. The summed E-state index contributed by atoms with van der Waals surface area (Å²) in [5.74, 6) is 0.550. The number of nitriles is 1. The van der Waals surface area contributed by atoms with Crippen molar-refractivity contribution in [2.75, 3.05) is 7.11 Å². The molecule has 1 atom stereocenters. The first kappa shape index (κ1) is 24.4. The molecular weight excluding hydrogens is 504 g/mol. The van der Waals surface area contributed by atoms with Crippen LogP contribution in [0.5, 0.6) is 11.5 Å². The molecule has 3 aromatic rings. The molecule has 0 fully saturated rings. The number of ether oxygens (including phenoxy) is 2. The zero-order valence-corrected chi connectivity index (χ0v) is 20.5. The summed E-state index contributed by atoms with van der Waals surface area (Å²) >= 11 is 9.43. The Morgan fingerprint density at radius 1 is 1.15 bits per heavy atom. The minimum Gasteiger partial charge on any atom is -0.493 e. The highest BCUT2D eigenvalue weighted by molar-refractivity contribution is 9.10. The predicted octanol–water partition coefficient (Wildman–Crippen LogP) is 6.47. The van der Waals surface area contributed by atoms with Crippen LogP contribution >= 0.6 is 27.5 Å². The quantitative estimate of drug-likeness (QED) is 0.270. The molecule has 0 heterocycles. The van der Waals surface area contributed by atoms with Crippen LogP contribution < -0.4 is 14.8 Å². The van der Waals surface area contributed by atoms with Crippen molar-refractivity contribution >= 4 is 39.5 Å². The van der Waals surface area contributed by atoms with Crippen LogP contribution in [0.25, 0.3) is 6.08 Å². The van der Waals surface area contributed by atoms with E-state index in [1.54, 1.807) is 24.3 Å². The fourth-order valence-electron chi connectivity index (χ4n) is 3.08. The largest absolute Gasteiger partial charge is 0.493 e. The van der Waals surface area contributed by atoms with E-state index >= 15 is 0 Å². The minimum atomic E-state index is -0.456. The molecule has 5 nitrogen and oxygen atoms in total. The lowest BCUT2D eigenvalue weighted by atomic mass is 10.1. The lowest BCUT2D eigenvalue weighted by Crippen LogP contribution is -2.27. The van der Waals surface area contributed by atoms with Gasteiger partial charge in [0.15, 0.2) is 11.5 Å². The van der Waals surface area contributed by atoms with E-state index in [0.717, 1.165) is 11.1 Å². The summed E-state index contributed by atoms with van der Waals surface area (Å²) in [5.41, 5.74) is 2.51. The molecule has 0 saturated heterocycles. The third-order valence-electron chi connectivity index (χ3n) is 4.90. The minimum absolute atomic E-state index is 0.0182. The zero-order valence-electron chi connectivity index (χ0n) is 18.1. The van der Waals surface area contributed by atoms with E-state index in [4.69, 9.17) is 21.1 Å². The molecule has 0 aromatic heterocycles. The monoisotopic (exact) mass is 524 g/mol. The SMILES string of the molecule is COc1cc(/C=C(/C#N)C(=O)N[C@@H](C)c2ccccc2)c(Br)cc1OCc1ccc(Cl)cc1. The normalized spacial score (nSPS) is 11.9. The maximum absolute atomic E-state index is 12.7. The first-order chi connectivity index (χ1) is 15.9. The third-order valence-corrected chi connectivity index (χ3v) is 5.84. The van der Waals surface area contributed by atoms with Crippen molar-refractivity contribution in [2.24, 2.45) is 0 Å². The van der Waals surface area contributed by atoms with Crippen LogP contribution in [0.2, 0.25) is 5.02 Å². The standard InChI is InChI=1S/C26H22BrClN2O3/c1-17(19-6-4-3-5-7-19)30-26(31)21(15-29)12-20-13-24(32-2)25(14-23(20)27)33-16-18-8-10-22(28)11-9-18/h3-14,17H,16H2,1-2H3,(H,30,31)/b21-12-/t17-/m0/s1. The van der Waals surface area contributed by atoms with Crippen LogP contribution in [0.3, 0.4) is 0 Å². The van der Waals surface area contributed by atoms with Crippen LogP contribution in [-0.4, -0.2) is 13.0 Å². The molecule has 3 aromatic carbocycles. The number of hydrogen-bond acceptors (Lipinski definition) is 4. The molecule has 0 saturated carbocycles. The van der Waals surface area contributed by atoms with E-state index in [2.05, 4.69) is 21.2 Å². The summed E-state index contributed by atoms with van der Waals surface area (Å²) in [6.45, 7) is 2.20. The van der Waals surface area contributed by atoms with Gasteiger partial charge in [0, 0.05) is 9.50 Å². The smallest absolute Gasteiger partial charge is 0.262 e. The molecule has 0 aliphatic heterocycles. The first-order valence-corrected chi connectivity index (χ1v) is 11.3. The molecule has 0 unspecified atom stereocenters. The van der Waals surface area contributed by atoms with Gasteiger partial charge < -0.3 is 14.8 Å². The van der Waals surface area contributed by atoms with Crippen molar-refractivity contribution in [1.82, 2.24) is 5.32 Å². The van der Waals surface area contributed by atoms with E-state index < -0.39 is 5.91 Å². The Bertz CT molecular complexity index is 1190. The van der Waals surface area contributed by atoms with E-state index in [-0.39, 0.29) is 11.6 Å². The molecule has 1 amide bonds. The van der Waals surface area contributed by atoms with Gasteiger partial charge in [0.1, 0.15) is 18.2 Å². The van der Waals surface area contributed by atoms with Crippen molar-refractivity contribution in [3.8, 4) is 17.6 Å². The highest BCUT2D eigenvalue weighted by Crippen LogP contribution is 2.35. The van der Waals surface area contributed by atoms with E-state index in [9.17, 15) is 10.1 Å². The maximum Gasteiger partial charge on any atom is 0.262 e. The predicted molar refractivity (Wildman–Crippen MR) is 133 cm³/mol. The van der Waals surface area contributed by atoms with Crippen LogP contribution in [0, 0.1) is 11.3 Å². The van der Waals surface area contributed by atoms with Crippen molar-refractivity contribution in [3.05, 3.63) is 98.5 Å². The topological polar surface area (TPSA) is 71.3 Å². The second-order valence-corrected chi connectivity index (χ2v) is 8.51. The van der Waals surface area contributed by atoms with Crippen molar-refractivity contribution in [1.29, 1.82) is 5.26 Å². The Morgan fingerprint density at radius 2 is 1.85 bits per heavy atom. The molecule has 1 N–H and O–H groups in total. The van der Waals surface area contributed by atoms with Crippen LogP contribution in [0.4, 0.5) is 0 Å². The molecule has 0 spiro atoms. The van der Waals surface area contributed by atoms with E-state index in [0.29, 0.717) is 33.2 Å². The lowest BCUT2D eigenvalue weighted by Gasteiger charge is -2.15. The Labute approximate surface area is 206 Å². The lowest BCUT2D eigenvalue weighted by molar-refractivity contribution is -0.117. The maximum atomic E-state index is 12.7. The fourth-order valence-corrected chi connectivity index (χ4v) is 3.64. The highest BCUT2D eigenvalue weighted by atomic mass is 79.9. The van der Waals surface area contributed by atoms with Crippen molar-refractivity contribution in [3.63, 3.8) is 0 Å². The first-order valence-electron chi connectivity index (χ1n) is 10.1. The van der Waals surface area contributed by atoms with Gasteiger partial charge in [-0.25, -0.2) is 0 Å². The molecule has 0 aliphatic carbocycles. The Balaban J connectivity index is 1.78. The van der Waals surface area contributed by atoms with Crippen LogP contribution in [0.15, 0.2) is 76.8 Å². The summed E-state index contributed by atoms with van der Waals surface area (Å²) in [5, 5.41) is 13.1. The number of hydrogen-bond donors (Lipinski definition) is 1. The highest BCUT2D eigenvalue weighted by Gasteiger charge is 2.16. The summed E-state index contributed by atoms with van der Waals surface area (Å²) in [6, 6.07) is 22.1. The Kier molecular flexibility index (Phi) is 8.53. The van der Waals surface area contributed by atoms with Gasteiger partial charge in [-0.3, -0.25) is 4.79 Å². The zero-order chi connectivity index (χ0) is 23.8. The number of carbonyl (C=O) groups excluding carboxylic acids is 1. The van der Waals surface area contributed by atoms with Gasteiger partial charge in [0.05, 0.1) is 13.2 Å². The average molecular weight is 526 g/mol. The number of benzene rings is 3. The summed E-state index contributed by atoms with van der Waals surface area (Å²) < 4.78 is 12.0. The van der Waals surface area contributed by atoms with Crippen LogP contribution in [-0.2, 0) is 11.4 Å². The Hall–Kier alpha value is -3.27. The van der Waals surface area contributed by atoms with Gasteiger partial charge in [-0.05, 0) is 54.0 Å². The van der Waals surface area contributed by atoms with Gasteiger partial charge in [-0.15, -0.1) is 0 Å². The van der Waals surface area contributed by atoms with Gasteiger partial charge >= 0.3 is 0 Å². The third kappa shape index (κ3) is 6.61. The number of halogens is 2.